The Kier molecular flexibility index (Phi) is 9.16. The molecule has 4 rings (SSSR count). The fourth-order valence-electron chi connectivity index (χ4n) is 6.94. The molecule has 1 aliphatic carbocycles. The predicted molar refractivity (Wildman–Crippen MR) is 150 cm³/mol. The van der Waals surface area contributed by atoms with Crippen molar-refractivity contribution >= 4 is 5.91 Å². The fraction of sp³-hybridized carbons (Fsp3) is 0.531. The first kappa shape index (κ1) is 31.0. The number of alkyl halides is 3. The monoisotopic (exact) mass is 577 g/mol. The molecule has 1 saturated carbocycles. The molecule has 0 spiro atoms. The number of hydrogen-bond acceptors (Lipinski definition) is 3. The second-order valence-corrected chi connectivity index (χ2v) is 12.5. The van der Waals surface area contributed by atoms with Crippen molar-refractivity contribution in [3.05, 3.63) is 83.1 Å². The van der Waals surface area contributed by atoms with Crippen molar-refractivity contribution in [2.24, 2.45) is 5.41 Å². The zero-order chi connectivity index (χ0) is 30.0. The predicted octanol–water partition coefficient (Wildman–Crippen LogP) is 7.31. The highest BCUT2D eigenvalue weighted by molar-refractivity contribution is 5.83. The molecule has 2 aromatic carbocycles. The van der Waals surface area contributed by atoms with Gasteiger partial charge in [0.05, 0.1) is 11.0 Å². The zero-order valence-corrected chi connectivity index (χ0v) is 24.0. The fourth-order valence-corrected chi connectivity index (χ4v) is 6.94. The molecule has 9 heteroatoms. The molecule has 2 fully saturated rings. The van der Waals surface area contributed by atoms with Crippen LogP contribution in [0.1, 0.15) is 81.9 Å². The van der Waals surface area contributed by atoms with Crippen molar-refractivity contribution in [2.75, 3.05) is 13.1 Å². The van der Waals surface area contributed by atoms with Crippen molar-refractivity contribution in [1.82, 2.24) is 15.5 Å². The lowest BCUT2D eigenvalue weighted by molar-refractivity contribution is -0.137. The average molecular weight is 578 g/mol. The number of nitrogens with one attached hydrogen (secondary N) is 2. The number of amides is 1. The molecule has 2 N–H and O–H groups in total. The Bertz CT molecular complexity index is 1230. The molecule has 2 aliphatic rings. The van der Waals surface area contributed by atoms with Crippen LogP contribution in [0.3, 0.4) is 0 Å². The quantitative estimate of drug-likeness (QED) is 0.307. The molecule has 0 bridgehead atoms. The van der Waals surface area contributed by atoms with Gasteiger partial charge in [0, 0.05) is 23.8 Å². The summed E-state index contributed by atoms with van der Waals surface area (Å²) in [5, 5.41) is 6.21. The minimum Gasteiger partial charge on any atom is -0.384 e. The van der Waals surface area contributed by atoms with E-state index in [1.807, 2.05) is 32.9 Å². The molecule has 0 aromatic heterocycles. The van der Waals surface area contributed by atoms with Gasteiger partial charge in [0.1, 0.15) is 11.6 Å². The summed E-state index contributed by atoms with van der Waals surface area (Å²) in [6.07, 6.45) is -0.175. The first-order valence-electron chi connectivity index (χ1n) is 14.2. The molecule has 2 atom stereocenters. The van der Waals surface area contributed by atoms with Crippen LogP contribution in [-0.2, 0) is 17.5 Å². The number of halogens is 5. The number of piperidine rings is 1. The highest BCUT2D eigenvalue weighted by Gasteiger charge is 2.49. The molecule has 1 amide bonds. The Labute approximate surface area is 239 Å². The molecular weight excluding hydrogens is 537 g/mol. The van der Waals surface area contributed by atoms with Crippen LogP contribution in [0, 0.1) is 17.0 Å². The van der Waals surface area contributed by atoms with Crippen molar-refractivity contribution in [3.8, 4) is 0 Å². The van der Waals surface area contributed by atoms with Crippen LogP contribution >= 0.6 is 0 Å². The van der Waals surface area contributed by atoms with Gasteiger partial charge in [-0.25, -0.2) is 8.78 Å². The molecule has 4 nitrogen and oxygen atoms in total. The highest BCUT2D eigenvalue weighted by Crippen LogP contribution is 2.47. The van der Waals surface area contributed by atoms with Crippen LogP contribution in [0.4, 0.5) is 22.0 Å². The summed E-state index contributed by atoms with van der Waals surface area (Å²) in [4.78, 5) is 16.3. The summed E-state index contributed by atoms with van der Waals surface area (Å²) in [6.45, 7) is 11.4. The Morgan fingerprint density at radius 3 is 2.29 bits per heavy atom. The number of carbonyl (C=O) groups is 1. The summed E-state index contributed by atoms with van der Waals surface area (Å²) in [6, 6.07) is 9.27. The van der Waals surface area contributed by atoms with Gasteiger partial charge in [-0.3, -0.25) is 4.79 Å². The number of likely N-dealkylation sites (tertiary alicyclic amines) is 1. The van der Waals surface area contributed by atoms with Gasteiger partial charge in [0.2, 0.25) is 5.91 Å². The second kappa shape index (κ2) is 12.1. The minimum atomic E-state index is -4.68. The van der Waals surface area contributed by atoms with E-state index in [4.69, 9.17) is 0 Å². The van der Waals surface area contributed by atoms with E-state index in [2.05, 4.69) is 22.1 Å². The normalized spacial score (nSPS) is 22.5. The lowest BCUT2D eigenvalue weighted by atomic mass is 9.74. The summed E-state index contributed by atoms with van der Waals surface area (Å²) in [7, 11) is 0. The van der Waals surface area contributed by atoms with E-state index in [-0.39, 0.29) is 29.9 Å². The van der Waals surface area contributed by atoms with Gasteiger partial charge >= 0.3 is 6.18 Å². The molecule has 1 heterocycles. The van der Waals surface area contributed by atoms with Gasteiger partial charge in [-0.15, -0.1) is 0 Å². The van der Waals surface area contributed by atoms with E-state index in [1.165, 1.54) is 12.1 Å². The van der Waals surface area contributed by atoms with E-state index in [9.17, 15) is 26.7 Å². The van der Waals surface area contributed by atoms with Crippen LogP contribution in [-0.4, -0.2) is 35.5 Å². The molecule has 0 radical (unpaired) electrons. The Morgan fingerprint density at radius 1 is 1.02 bits per heavy atom. The van der Waals surface area contributed by atoms with Crippen LogP contribution < -0.4 is 10.6 Å². The standard InChI is InChI=1S/C32H40F5N3O/c1-21(2)39-30(3,4)20-31(29(41)38-19-22-15-25(32(35,36)37)17-27(34)16-22)12-9-28(18-31)40-13-10-24(11-14-40)23-5-7-26(33)8-6-23/h5-8,15-17,24,28,39H,1,9-14,18-20H2,2-4H3,(H,38,41)/t28-,31+/m1/s1. The van der Waals surface area contributed by atoms with Crippen molar-refractivity contribution in [2.45, 2.75) is 89.5 Å². The van der Waals surface area contributed by atoms with Gasteiger partial charge < -0.3 is 15.5 Å². The molecule has 2 aromatic rings. The summed E-state index contributed by atoms with van der Waals surface area (Å²) >= 11 is 0. The Balaban J connectivity index is 1.47. The van der Waals surface area contributed by atoms with Crippen molar-refractivity contribution in [1.29, 1.82) is 0 Å². The van der Waals surface area contributed by atoms with E-state index < -0.39 is 28.5 Å². The number of allylic oxidation sites excluding steroid dienone is 1. The molecule has 1 aliphatic heterocycles. The maximum Gasteiger partial charge on any atom is 0.416 e. The summed E-state index contributed by atoms with van der Waals surface area (Å²) < 4.78 is 67.0. The number of hydrogen-bond donors (Lipinski definition) is 2. The number of carbonyl (C=O) groups excluding carboxylic acids is 1. The molecular formula is C32H40F5N3O. The van der Waals surface area contributed by atoms with Crippen molar-refractivity contribution in [3.63, 3.8) is 0 Å². The zero-order valence-electron chi connectivity index (χ0n) is 24.0. The topological polar surface area (TPSA) is 44.4 Å². The van der Waals surface area contributed by atoms with Crippen LogP contribution in [0.5, 0.6) is 0 Å². The van der Waals surface area contributed by atoms with Gasteiger partial charge in [-0.2, -0.15) is 13.2 Å². The van der Waals surface area contributed by atoms with E-state index >= 15 is 0 Å². The first-order valence-corrected chi connectivity index (χ1v) is 14.2. The third kappa shape index (κ3) is 7.87. The highest BCUT2D eigenvalue weighted by atomic mass is 19.4. The minimum absolute atomic E-state index is 0.0672. The summed E-state index contributed by atoms with van der Waals surface area (Å²) in [5.74, 6) is -1.09. The molecule has 224 valence electrons. The number of benzene rings is 2. The average Bonchev–Trinajstić information content (AvgIpc) is 3.30. The Morgan fingerprint density at radius 2 is 1.68 bits per heavy atom. The summed E-state index contributed by atoms with van der Waals surface area (Å²) in [5.41, 5.74) is -0.279. The molecule has 1 saturated heterocycles. The maximum absolute atomic E-state index is 14.0. The first-order chi connectivity index (χ1) is 19.2. The van der Waals surface area contributed by atoms with Gasteiger partial charge in [0.25, 0.3) is 0 Å². The number of rotatable bonds is 9. The maximum atomic E-state index is 14.0. The Hall–Kier alpha value is -2.94. The lowest BCUT2D eigenvalue weighted by Gasteiger charge is -2.40. The SMILES string of the molecule is C=C(C)NC(C)(C)C[C@]1(C(=O)NCc2cc(F)cc(C(F)(F)F)c2)CC[C@@H](N2CCC(c3ccc(F)cc3)CC2)C1. The van der Waals surface area contributed by atoms with E-state index in [1.54, 1.807) is 0 Å². The van der Waals surface area contributed by atoms with E-state index in [0.717, 1.165) is 55.7 Å². The van der Waals surface area contributed by atoms with E-state index in [0.29, 0.717) is 31.2 Å². The second-order valence-electron chi connectivity index (χ2n) is 12.5. The van der Waals surface area contributed by atoms with Crippen LogP contribution in [0.25, 0.3) is 0 Å². The van der Waals surface area contributed by atoms with Crippen LogP contribution in [0.2, 0.25) is 0 Å². The van der Waals surface area contributed by atoms with Crippen LogP contribution in [0.15, 0.2) is 54.7 Å². The lowest BCUT2D eigenvalue weighted by Crippen LogP contribution is -2.49. The smallest absolute Gasteiger partial charge is 0.384 e. The van der Waals surface area contributed by atoms with Gasteiger partial charge in [-0.05, 0) is 120 Å². The van der Waals surface area contributed by atoms with Crippen molar-refractivity contribution < 1.29 is 26.7 Å². The molecule has 41 heavy (non-hydrogen) atoms. The third-order valence-electron chi connectivity index (χ3n) is 8.52. The van der Waals surface area contributed by atoms with Gasteiger partial charge in [0.15, 0.2) is 0 Å². The largest absolute Gasteiger partial charge is 0.416 e. The molecule has 0 unspecified atom stereocenters. The third-order valence-corrected chi connectivity index (χ3v) is 8.52. The number of nitrogens with zero attached hydrogens (tertiary/aromatic N) is 1. The van der Waals surface area contributed by atoms with Gasteiger partial charge in [-0.1, -0.05) is 18.7 Å².